The molecule has 1 unspecified atom stereocenters. The van der Waals surface area contributed by atoms with Crippen molar-refractivity contribution in [3.63, 3.8) is 0 Å². The lowest BCUT2D eigenvalue weighted by Crippen LogP contribution is -2.43. The van der Waals surface area contributed by atoms with Gasteiger partial charge < -0.3 is 4.74 Å². The first-order valence-electron chi connectivity index (χ1n) is 6.50. The molecule has 0 radical (unpaired) electrons. The zero-order valence-electron chi connectivity index (χ0n) is 10.3. The van der Waals surface area contributed by atoms with E-state index in [2.05, 4.69) is 10.3 Å². The number of rotatable bonds is 2. The van der Waals surface area contributed by atoms with Gasteiger partial charge in [0.15, 0.2) is 0 Å². The predicted octanol–water partition coefficient (Wildman–Crippen LogP) is 2.63. The van der Waals surface area contributed by atoms with Crippen molar-refractivity contribution in [3.05, 3.63) is 11.9 Å². The van der Waals surface area contributed by atoms with E-state index in [1.165, 1.54) is 24.3 Å². The smallest absolute Gasteiger partial charge is 0.0974 e. The topological polar surface area (TPSA) is 39.9 Å². The van der Waals surface area contributed by atoms with Crippen LogP contribution in [0.4, 0.5) is 0 Å². The number of halogens is 1. The summed E-state index contributed by atoms with van der Waals surface area (Å²) in [6.45, 7) is 0.839. The molecule has 2 fully saturated rings. The Bertz CT molecular complexity index is 400. The monoisotopic (exact) mass is 287 g/mol. The highest BCUT2D eigenvalue weighted by Gasteiger charge is 2.39. The van der Waals surface area contributed by atoms with Gasteiger partial charge >= 0.3 is 0 Å². The molecule has 100 valence electrons. The first-order valence-corrected chi connectivity index (χ1v) is 8.19. The minimum Gasteiger partial charge on any atom is -0.375 e. The molecule has 0 amide bonds. The summed E-state index contributed by atoms with van der Waals surface area (Å²) in [6.07, 6.45) is 6.42. The van der Waals surface area contributed by atoms with Crippen LogP contribution >= 0.6 is 23.4 Å². The molecule has 0 N–H and O–H groups in total. The SMILES string of the molecule is ClCc1cn(C2CCOC3(CCSCC3)C2)nn1. The maximum atomic E-state index is 6.09. The Kier molecular flexibility index (Phi) is 3.82. The Labute approximate surface area is 116 Å². The van der Waals surface area contributed by atoms with Gasteiger partial charge in [0.25, 0.3) is 0 Å². The molecule has 18 heavy (non-hydrogen) atoms. The van der Waals surface area contributed by atoms with Crippen molar-refractivity contribution >= 4 is 23.4 Å². The predicted molar refractivity (Wildman–Crippen MR) is 73.1 cm³/mol. The van der Waals surface area contributed by atoms with Gasteiger partial charge in [-0.1, -0.05) is 5.21 Å². The zero-order valence-corrected chi connectivity index (χ0v) is 11.9. The Morgan fingerprint density at radius 3 is 3.06 bits per heavy atom. The van der Waals surface area contributed by atoms with Crippen LogP contribution < -0.4 is 0 Å². The summed E-state index contributed by atoms with van der Waals surface area (Å²) in [4.78, 5) is 0. The summed E-state index contributed by atoms with van der Waals surface area (Å²) in [5.74, 6) is 2.87. The maximum Gasteiger partial charge on any atom is 0.0974 e. The second-order valence-corrected chi connectivity index (χ2v) is 6.61. The number of alkyl halides is 1. The van der Waals surface area contributed by atoms with Gasteiger partial charge in [-0.3, -0.25) is 0 Å². The number of ether oxygens (including phenoxy) is 1. The van der Waals surface area contributed by atoms with E-state index < -0.39 is 0 Å². The minimum absolute atomic E-state index is 0.0985. The fourth-order valence-electron chi connectivity index (χ4n) is 2.87. The Balaban J connectivity index is 1.73. The van der Waals surface area contributed by atoms with Crippen LogP contribution in [0.5, 0.6) is 0 Å². The summed E-state index contributed by atoms with van der Waals surface area (Å²) < 4.78 is 8.08. The molecule has 1 atom stereocenters. The van der Waals surface area contributed by atoms with Gasteiger partial charge in [0.1, 0.15) is 0 Å². The average molecular weight is 288 g/mol. The molecule has 0 aromatic carbocycles. The lowest BCUT2D eigenvalue weighted by molar-refractivity contribution is -0.100. The van der Waals surface area contributed by atoms with Gasteiger partial charge in [0.05, 0.1) is 23.2 Å². The summed E-state index contributed by atoms with van der Waals surface area (Å²) >= 11 is 7.81. The van der Waals surface area contributed by atoms with Crippen LogP contribution in [0.1, 0.15) is 37.4 Å². The molecular weight excluding hydrogens is 270 g/mol. The normalized spacial score (nSPS) is 27.5. The van der Waals surface area contributed by atoms with E-state index in [1.807, 2.05) is 22.6 Å². The van der Waals surface area contributed by atoms with E-state index in [9.17, 15) is 0 Å². The van der Waals surface area contributed by atoms with Crippen LogP contribution in [0.2, 0.25) is 0 Å². The second-order valence-electron chi connectivity index (χ2n) is 5.11. The van der Waals surface area contributed by atoms with Crippen molar-refractivity contribution in [2.45, 2.75) is 43.2 Å². The average Bonchev–Trinajstić information content (AvgIpc) is 2.88. The van der Waals surface area contributed by atoms with E-state index in [-0.39, 0.29) is 5.60 Å². The third-order valence-electron chi connectivity index (χ3n) is 3.94. The minimum atomic E-state index is 0.0985. The Morgan fingerprint density at radius 1 is 1.50 bits per heavy atom. The highest BCUT2D eigenvalue weighted by Crippen LogP contribution is 2.41. The molecule has 1 spiro atoms. The third-order valence-corrected chi connectivity index (χ3v) is 5.20. The maximum absolute atomic E-state index is 6.09. The van der Waals surface area contributed by atoms with E-state index in [0.29, 0.717) is 11.9 Å². The van der Waals surface area contributed by atoms with E-state index >= 15 is 0 Å². The molecule has 6 heteroatoms. The highest BCUT2D eigenvalue weighted by molar-refractivity contribution is 7.99. The Hall–Kier alpha value is -0.260. The van der Waals surface area contributed by atoms with E-state index in [1.54, 1.807) is 0 Å². The quantitative estimate of drug-likeness (QED) is 0.784. The molecule has 2 saturated heterocycles. The molecule has 0 aliphatic carbocycles. The van der Waals surface area contributed by atoms with Gasteiger partial charge in [-0.05, 0) is 37.2 Å². The molecule has 3 heterocycles. The highest BCUT2D eigenvalue weighted by atomic mass is 35.5. The number of hydrogen-bond donors (Lipinski definition) is 0. The fourth-order valence-corrected chi connectivity index (χ4v) is 4.23. The van der Waals surface area contributed by atoms with Gasteiger partial charge in [-0.15, -0.1) is 16.7 Å². The first-order chi connectivity index (χ1) is 8.81. The van der Waals surface area contributed by atoms with Crippen molar-refractivity contribution in [1.29, 1.82) is 0 Å². The van der Waals surface area contributed by atoms with E-state index in [0.717, 1.165) is 25.1 Å². The molecule has 0 bridgehead atoms. The Morgan fingerprint density at radius 2 is 2.33 bits per heavy atom. The second kappa shape index (κ2) is 5.39. The standard InChI is InChI=1S/C12H18ClN3OS/c13-8-10-9-16(15-14-10)11-1-4-17-12(7-11)2-5-18-6-3-12/h9,11H,1-8H2. The van der Waals surface area contributed by atoms with Crippen LogP contribution in [-0.4, -0.2) is 38.7 Å². The van der Waals surface area contributed by atoms with Gasteiger partial charge in [-0.2, -0.15) is 11.8 Å². The first kappa shape index (κ1) is 12.8. The molecule has 0 saturated carbocycles. The van der Waals surface area contributed by atoms with Crippen molar-refractivity contribution in [2.75, 3.05) is 18.1 Å². The van der Waals surface area contributed by atoms with Crippen LogP contribution in [0.3, 0.4) is 0 Å². The van der Waals surface area contributed by atoms with Crippen molar-refractivity contribution in [1.82, 2.24) is 15.0 Å². The summed E-state index contributed by atoms with van der Waals surface area (Å²) in [5, 5.41) is 8.29. The largest absolute Gasteiger partial charge is 0.375 e. The van der Waals surface area contributed by atoms with E-state index in [4.69, 9.17) is 16.3 Å². The van der Waals surface area contributed by atoms with Crippen molar-refractivity contribution in [2.24, 2.45) is 0 Å². The number of thioether (sulfide) groups is 1. The molecule has 4 nitrogen and oxygen atoms in total. The van der Waals surface area contributed by atoms with Crippen LogP contribution in [0, 0.1) is 0 Å². The molecule has 1 aromatic heterocycles. The molecular formula is C12H18ClN3OS. The van der Waals surface area contributed by atoms with Crippen molar-refractivity contribution in [3.8, 4) is 0 Å². The summed E-state index contributed by atoms with van der Waals surface area (Å²) in [5.41, 5.74) is 0.956. The van der Waals surface area contributed by atoms with Crippen molar-refractivity contribution < 1.29 is 4.74 Å². The van der Waals surface area contributed by atoms with Gasteiger partial charge in [0, 0.05) is 12.8 Å². The zero-order chi connectivity index (χ0) is 12.4. The lowest BCUT2D eigenvalue weighted by Gasteiger charge is -2.43. The lowest BCUT2D eigenvalue weighted by atomic mass is 9.85. The number of aromatic nitrogens is 3. The van der Waals surface area contributed by atoms with Crippen LogP contribution in [0.15, 0.2) is 6.20 Å². The fraction of sp³-hybridized carbons (Fsp3) is 0.833. The van der Waals surface area contributed by atoms with Crippen LogP contribution in [0.25, 0.3) is 0 Å². The summed E-state index contributed by atoms with van der Waals surface area (Å²) in [6, 6.07) is 0.423. The number of hydrogen-bond acceptors (Lipinski definition) is 4. The third kappa shape index (κ3) is 2.53. The van der Waals surface area contributed by atoms with Gasteiger partial charge in [0.2, 0.25) is 0 Å². The molecule has 2 aliphatic heterocycles. The molecule has 1 aromatic rings. The molecule has 2 aliphatic rings. The number of nitrogens with zero attached hydrogens (tertiary/aromatic N) is 3. The van der Waals surface area contributed by atoms with Crippen LogP contribution in [-0.2, 0) is 10.6 Å². The van der Waals surface area contributed by atoms with Gasteiger partial charge in [-0.25, -0.2) is 4.68 Å². The summed E-state index contributed by atoms with van der Waals surface area (Å²) in [7, 11) is 0. The molecule has 3 rings (SSSR count).